The number of aromatic nitrogens is 3. The number of carbonyl (C=O) groups is 1. The number of aryl methyl sites for hydroxylation is 1. The molecule has 1 aromatic carbocycles. The van der Waals surface area contributed by atoms with E-state index in [4.69, 9.17) is 11.6 Å². The Kier molecular flexibility index (Phi) is 2.51. The molecule has 1 heterocycles. The van der Waals surface area contributed by atoms with E-state index in [0.717, 1.165) is 17.5 Å². The smallest absolute Gasteiger partial charge is 0.151 e. The third-order valence-electron chi connectivity index (χ3n) is 2.14. The van der Waals surface area contributed by atoms with Crippen molar-refractivity contribution in [2.45, 2.75) is 0 Å². The molecule has 2 rings (SSSR count). The van der Waals surface area contributed by atoms with Crippen molar-refractivity contribution in [2.75, 3.05) is 0 Å². The summed E-state index contributed by atoms with van der Waals surface area (Å²) in [6.45, 7) is 0. The van der Waals surface area contributed by atoms with Crippen LogP contribution >= 0.6 is 11.6 Å². The second-order valence-electron chi connectivity index (χ2n) is 3.10. The first-order valence-electron chi connectivity index (χ1n) is 4.32. The highest BCUT2D eigenvalue weighted by Gasteiger charge is 2.06. The van der Waals surface area contributed by atoms with Gasteiger partial charge in [-0.25, -0.2) is 4.68 Å². The molecule has 5 heteroatoms. The fourth-order valence-electron chi connectivity index (χ4n) is 1.33. The lowest BCUT2D eigenvalue weighted by Gasteiger charge is -2.02. The number of hydrogen-bond acceptors (Lipinski definition) is 3. The fourth-order valence-corrected chi connectivity index (χ4v) is 1.56. The number of hydrogen-bond donors (Lipinski definition) is 0. The van der Waals surface area contributed by atoms with Gasteiger partial charge in [0, 0.05) is 18.2 Å². The second kappa shape index (κ2) is 3.82. The van der Waals surface area contributed by atoms with Gasteiger partial charge in [-0.2, -0.15) is 0 Å². The van der Waals surface area contributed by atoms with Gasteiger partial charge in [0.1, 0.15) is 0 Å². The van der Waals surface area contributed by atoms with Gasteiger partial charge in [-0.15, -0.1) is 5.10 Å². The van der Waals surface area contributed by atoms with Gasteiger partial charge in [0.05, 0.1) is 16.9 Å². The first kappa shape index (κ1) is 9.86. The Labute approximate surface area is 91.5 Å². The summed E-state index contributed by atoms with van der Waals surface area (Å²) in [5.41, 5.74) is 2.22. The SMILES string of the molecule is Cn1nncc1-c1ccc(C=O)c(Cl)c1. The zero-order valence-electron chi connectivity index (χ0n) is 8.01. The summed E-state index contributed by atoms with van der Waals surface area (Å²) in [5.74, 6) is 0. The maximum absolute atomic E-state index is 10.6. The van der Waals surface area contributed by atoms with Crippen molar-refractivity contribution in [2.24, 2.45) is 7.05 Å². The zero-order chi connectivity index (χ0) is 10.8. The van der Waals surface area contributed by atoms with Crippen molar-refractivity contribution in [3.05, 3.63) is 35.0 Å². The van der Waals surface area contributed by atoms with E-state index in [0.29, 0.717) is 10.6 Å². The Morgan fingerprint density at radius 3 is 2.80 bits per heavy atom. The van der Waals surface area contributed by atoms with Crippen molar-refractivity contribution >= 4 is 17.9 Å². The predicted molar refractivity (Wildman–Crippen MR) is 56.8 cm³/mol. The molecular weight excluding hydrogens is 214 g/mol. The van der Waals surface area contributed by atoms with Gasteiger partial charge in [0.25, 0.3) is 0 Å². The average molecular weight is 222 g/mol. The molecule has 0 fully saturated rings. The van der Waals surface area contributed by atoms with Crippen molar-refractivity contribution in [3.63, 3.8) is 0 Å². The molecule has 0 spiro atoms. The van der Waals surface area contributed by atoms with E-state index in [2.05, 4.69) is 10.3 Å². The highest BCUT2D eigenvalue weighted by Crippen LogP contribution is 2.23. The first-order chi connectivity index (χ1) is 7.22. The van der Waals surface area contributed by atoms with E-state index in [9.17, 15) is 4.79 Å². The molecule has 0 atom stereocenters. The van der Waals surface area contributed by atoms with Gasteiger partial charge in [0.2, 0.25) is 0 Å². The summed E-state index contributed by atoms with van der Waals surface area (Å²) in [5, 5.41) is 8.02. The van der Waals surface area contributed by atoms with E-state index in [1.54, 1.807) is 30.1 Å². The molecular formula is C10H8ClN3O. The van der Waals surface area contributed by atoms with Crippen molar-refractivity contribution in [3.8, 4) is 11.3 Å². The number of benzene rings is 1. The van der Waals surface area contributed by atoms with Crippen LogP contribution in [0.4, 0.5) is 0 Å². The van der Waals surface area contributed by atoms with Crippen LogP contribution in [0.5, 0.6) is 0 Å². The van der Waals surface area contributed by atoms with Gasteiger partial charge < -0.3 is 0 Å². The topological polar surface area (TPSA) is 47.8 Å². The third kappa shape index (κ3) is 1.76. The Morgan fingerprint density at radius 1 is 1.47 bits per heavy atom. The molecule has 0 bridgehead atoms. The van der Waals surface area contributed by atoms with E-state index >= 15 is 0 Å². The molecule has 0 amide bonds. The minimum absolute atomic E-state index is 0.434. The molecule has 15 heavy (non-hydrogen) atoms. The first-order valence-corrected chi connectivity index (χ1v) is 4.70. The Balaban J connectivity index is 2.52. The van der Waals surface area contributed by atoms with Crippen LogP contribution < -0.4 is 0 Å². The number of aldehydes is 1. The zero-order valence-corrected chi connectivity index (χ0v) is 8.77. The summed E-state index contributed by atoms with van der Waals surface area (Å²) in [6.07, 6.45) is 2.37. The molecule has 76 valence electrons. The summed E-state index contributed by atoms with van der Waals surface area (Å²) >= 11 is 5.92. The standard InChI is InChI=1S/C10H8ClN3O/c1-14-10(5-12-13-14)7-2-3-8(6-15)9(11)4-7/h2-6H,1H3. The highest BCUT2D eigenvalue weighted by atomic mass is 35.5. The quantitative estimate of drug-likeness (QED) is 0.729. The van der Waals surface area contributed by atoms with Crippen molar-refractivity contribution in [1.29, 1.82) is 0 Å². The van der Waals surface area contributed by atoms with Crippen LogP contribution in [-0.2, 0) is 7.05 Å². The lowest BCUT2D eigenvalue weighted by molar-refractivity contribution is 0.112. The van der Waals surface area contributed by atoms with Gasteiger partial charge in [-0.05, 0) is 12.1 Å². The summed E-state index contributed by atoms with van der Waals surface area (Å²) in [4.78, 5) is 10.6. The Bertz CT molecular complexity index is 507. The number of rotatable bonds is 2. The Hall–Kier alpha value is -1.68. The van der Waals surface area contributed by atoms with Crippen LogP contribution in [0.2, 0.25) is 5.02 Å². The minimum atomic E-state index is 0.434. The van der Waals surface area contributed by atoms with Crippen molar-refractivity contribution < 1.29 is 4.79 Å². The molecule has 0 aliphatic carbocycles. The van der Waals surface area contributed by atoms with Gasteiger partial charge in [-0.1, -0.05) is 22.9 Å². The van der Waals surface area contributed by atoms with E-state index in [1.807, 2.05) is 6.07 Å². The molecule has 0 aliphatic heterocycles. The largest absolute Gasteiger partial charge is 0.298 e. The molecule has 0 saturated heterocycles. The molecule has 4 nitrogen and oxygen atoms in total. The van der Waals surface area contributed by atoms with Crippen LogP contribution in [0.3, 0.4) is 0 Å². The van der Waals surface area contributed by atoms with E-state index in [-0.39, 0.29) is 0 Å². The summed E-state index contributed by atoms with van der Waals surface area (Å²) < 4.78 is 1.65. The lowest BCUT2D eigenvalue weighted by atomic mass is 10.1. The highest BCUT2D eigenvalue weighted by molar-refractivity contribution is 6.33. The van der Waals surface area contributed by atoms with Gasteiger partial charge in [0.15, 0.2) is 6.29 Å². The maximum atomic E-state index is 10.6. The molecule has 2 aromatic rings. The maximum Gasteiger partial charge on any atom is 0.151 e. The number of halogens is 1. The fraction of sp³-hybridized carbons (Fsp3) is 0.100. The lowest BCUT2D eigenvalue weighted by Crippen LogP contribution is -1.94. The van der Waals surface area contributed by atoms with E-state index in [1.165, 1.54) is 0 Å². The molecule has 1 aromatic heterocycles. The van der Waals surface area contributed by atoms with Crippen LogP contribution in [0.15, 0.2) is 24.4 Å². The summed E-state index contributed by atoms with van der Waals surface area (Å²) in [7, 11) is 1.80. The average Bonchev–Trinajstić information content (AvgIpc) is 2.64. The molecule has 0 unspecified atom stereocenters. The van der Waals surface area contributed by atoms with Crippen LogP contribution in [0.1, 0.15) is 10.4 Å². The van der Waals surface area contributed by atoms with Gasteiger partial charge >= 0.3 is 0 Å². The summed E-state index contributed by atoms with van der Waals surface area (Å²) in [6, 6.07) is 5.22. The normalized spacial score (nSPS) is 10.3. The predicted octanol–water partition coefficient (Wildman–Crippen LogP) is 1.95. The van der Waals surface area contributed by atoms with Crippen LogP contribution in [0, 0.1) is 0 Å². The number of carbonyl (C=O) groups excluding carboxylic acids is 1. The van der Waals surface area contributed by atoms with E-state index < -0.39 is 0 Å². The molecule has 0 radical (unpaired) electrons. The van der Waals surface area contributed by atoms with Crippen LogP contribution in [-0.4, -0.2) is 21.3 Å². The van der Waals surface area contributed by atoms with Crippen molar-refractivity contribution in [1.82, 2.24) is 15.0 Å². The third-order valence-corrected chi connectivity index (χ3v) is 2.46. The van der Waals surface area contributed by atoms with Gasteiger partial charge in [-0.3, -0.25) is 4.79 Å². The molecule has 0 aliphatic rings. The molecule has 0 saturated carbocycles. The van der Waals surface area contributed by atoms with Crippen LogP contribution in [0.25, 0.3) is 11.3 Å². The minimum Gasteiger partial charge on any atom is -0.298 e. The number of nitrogens with zero attached hydrogens (tertiary/aromatic N) is 3. The second-order valence-corrected chi connectivity index (χ2v) is 3.50. The monoisotopic (exact) mass is 221 g/mol. The molecule has 0 N–H and O–H groups in total. The Morgan fingerprint density at radius 2 is 2.27 bits per heavy atom.